The Morgan fingerprint density at radius 3 is 2.54 bits per heavy atom. The third kappa shape index (κ3) is 2.84. The molecular weight excluding hydrogens is 346 g/mol. The maximum Gasteiger partial charge on any atom is 0.225 e. The molecule has 4 nitrogen and oxygen atoms in total. The van der Waals surface area contributed by atoms with Crippen molar-refractivity contribution in [2.24, 2.45) is 0 Å². The molecule has 2 aromatic carbocycles. The molecule has 5 heteroatoms. The molecule has 1 aliphatic rings. The zero-order valence-electron chi connectivity index (χ0n) is 14.6. The predicted molar refractivity (Wildman–Crippen MR) is 104 cm³/mol. The van der Waals surface area contributed by atoms with Crippen LogP contribution in [0, 0.1) is 0 Å². The number of methoxy groups -OCH3 is 2. The second kappa shape index (κ2) is 6.84. The zero-order chi connectivity index (χ0) is 18.1. The van der Waals surface area contributed by atoms with Crippen LogP contribution in [0.1, 0.15) is 22.8 Å². The van der Waals surface area contributed by atoms with Crippen LogP contribution in [0.2, 0.25) is 0 Å². The third-order valence-corrected chi connectivity index (χ3v) is 5.80. The lowest BCUT2D eigenvalue weighted by Crippen LogP contribution is -2.22. The summed E-state index contributed by atoms with van der Waals surface area (Å²) >= 11 is 1.68. The average molecular weight is 365 g/mol. The van der Waals surface area contributed by atoms with E-state index >= 15 is 0 Å². The molecule has 4 rings (SSSR count). The maximum absolute atomic E-state index is 12.4. The maximum atomic E-state index is 12.4. The molecule has 1 N–H and O–H groups in total. The van der Waals surface area contributed by atoms with Gasteiger partial charge in [-0.1, -0.05) is 30.3 Å². The molecule has 0 unspecified atom stereocenters. The Balaban J connectivity index is 1.80. The number of ether oxygens (including phenoxy) is 2. The Hall–Kier alpha value is -2.79. The summed E-state index contributed by atoms with van der Waals surface area (Å²) in [5.74, 6) is 1.67. The largest absolute Gasteiger partial charge is 0.497 e. The van der Waals surface area contributed by atoms with Crippen molar-refractivity contribution in [3.63, 3.8) is 0 Å². The normalized spacial score (nSPS) is 15.9. The van der Waals surface area contributed by atoms with Gasteiger partial charge < -0.3 is 14.8 Å². The summed E-state index contributed by atoms with van der Waals surface area (Å²) in [6.07, 6.45) is 0.427. The van der Waals surface area contributed by atoms with Gasteiger partial charge in [-0.05, 0) is 23.8 Å². The molecule has 1 atom stereocenters. The van der Waals surface area contributed by atoms with Crippen molar-refractivity contribution < 1.29 is 14.3 Å². The summed E-state index contributed by atoms with van der Waals surface area (Å²) in [5, 5.41) is 5.18. The van der Waals surface area contributed by atoms with E-state index in [0.29, 0.717) is 6.42 Å². The van der Waals surface area contributed by atoms with Crippen LogP contribution in [0.15, 0.2) is 53.9 Å². The number of amides is 1. The van der Waals surface area contributed by atoms with Crippen molar-refractivity contribution in [2.45, 2.75) is 12.3 Å². The monoisotopic (exact) mass is 365 g/mol. The van der Waals surface area contributed by atoms with Crippen LogP contribution < -0.4 is 14.8 Å². The SMILES string of the molecule is COc1ccc(-c2csc3c2NC(=O)C[C@H]3c2ccccc2OC)cc1. The number of anilines is 1. The topological polar surface area (TPSA) is 47.6 Å². The molecule has 3 aromatic rings. The highest BCUT2D eigenvalue weighted by Crippen LogP contribution is 2.48. The molecule has 0 aliphatic carbocycles. The van der Waals surface area contributed by atoms with E-state index in [0.717, 1.165) is 33.9 Å². The van der Waals surface area contributed by atoms with Gasteiger partial charge in [-0.3, -0.25) is 4.79 Å². The quantitative estimate of drug-likeness (QED) is 0.715. The van der Waals surface area contributed by atoms with Gasteiger partial charge in [-0.15, -0.1) is 11.3 Å². The summed E-state index contributed by atoms with van der Waals surface area (Å²) in [7, 11) is 3.32. The summed E-state index contributed by atoms with van der Waals surface area (Å²) in [5.41, 5.74) is 4.06. The van der Waals surface area contributed by atoms with Crippen LogP contribution in [-0.4, -0.2) is 20.1 Å². The molecule has 1 aliphatic heterocycles. The van der Waals surface area contributed by atoms with Crippen molar-refractivity contribution in [3.05, 3.63) is 64.4 Å². The Kier molecular flexibility index (Phi) is 4.39. The van der Waals surface area contributed by atoms with E-state index < -0.39 is 0 Å². The summed E-state index contributed by atoms with van der Waals surface area (Å²) in [6, 6.07) is 15.8. The first kappa shape index (κ1) is 16.7. The first-order chi connectivity index (χ1) is 12.7. The molecular formula is C21H19NO3S. The molecule has 0 radical (unpaired) electrons. The number of hydrogen-bond donors (Lipinski definition) is 1. The minimum Gasteiger partial charge on any atom is -0.497 e. The molecule has 26 heavy (non-hydrogen) atoms. The number of carbonyl (C=O) groups excluding carboxylic acids is 1. The molecule has 0 fully saturated rings. The highest BCUT2D eigenvalue weighted by Gasteiger charge is 2.31. The van der Waals surface area contributed by atoms with Gasteiger partial charge in [0.2, 0.25) is 5.91 Å². The summed E-state index contributed by atoms with van der Waals surface area (Å²) < 4.78 is 10.8. The van der Waals surface area contributed by atoms with E-state index in [1.54, 1.807) is 25.6 Å². The minimum atomic E-state index is 0.00639. The summed E-state index contributed by atoms with van der Waals surface area (Å²) in [4.78, 5) is 13.6. The third-order valence-electron chi connectivity index (χ3n) is 4.71. The van der Waals surface area contributed by atoms with Gasteiger partial charge in [0.15, 0.2) is 0 Å². The Morgan fingerprint density at radius 1 is 1.04 bits per heavy atom. The molecule has 0 spiro atoms. The van der Waals surface area contributed by atoms with Crippen LogP contribution in [0.5, 0.6) is 11.5 Å². The number of nitrogens with one attached hydrogen (secondary N) is 1. The van der Waals surface area contributed by atoms with Crippen molar-refractivity contribution in [2.75, 3.05) is 19.5 Å². The molecule has 0 bridgehead atoms. The number of fused-ring (bicyclic) bond motifs is 1. The molecule has 1 aromatic heterocycles. The van der Waals surface area contributed by atoms with Gasteiger partial charge in [-0.2, -0.15) is 0 Å². The van der Waals surface area contributed by atoms with Crippen molar-refractivity contribution in [1.29, 1.82) is 0 Å². The van der Waals surface area contributed by atoms with E-state index in [-0.39, 0.29) is 11.8 Å². The van der Waals surface area contributed by atoms with Crippen molar-refractivity contribution >= 4 is 22.9 Å². The van der Waals surface area contributed by atoms with E-state index in [9.17, 15) is 4.79 Å². The fourth-order valence-electron chi connectivity index (χ4n) is 3.42. The van der Waals surface area contributed by atoms with Gasteiger partial charge in [0.1, 0.15) is 11.5 Å². The Labute approximate surface area is 156 Å². The fraction of sp³-hybridized carbons (Fsp3) is 0.190. The minimum absolute atomic E-state index is 0.00639. The van der Waals surface area contributed by atoms with Gasteiger partial charge in [0.25, 0.3) is 0 Å². The van der Waals surface area contributed by atoms with E-state index in [2.05, 4.69) is 10.7 Å². The predicted octanol–water partition coefficient (Wildman–Crippen LogP) is 4.91. The van der Waals surface area contributed by atoms with Gasteiger partial charge >= 0.3 is 0 Å². The number of thiophene rings is 1. The average Bonchev–Trinajstić information content (AvgIpc) is 3.11. The standard InChI is InChI=1S/C21H19NO3S/c1-24-14-9-7-13(8-10-14)17-12-26-21-16(11-19(23)22-20(17)21)15-5-3-4-6-18(15)25-2/h3-10,12,16H,11H2,1-2H3,(H,22,23)/t16-/m0/s1. The molecule has 0 saturated heterocycles. The van der Waals surface area contributed by atoms with Gasteiger partial charge in [0, 0.05) is 33.7 Å². The van der Waals surface area contributed by atoms with Crippen LogP contribution in [0.25, 0.3) is 11.1 Å². The van der Waals surface area contributed by atoms with Crippen LogP contribution in [0.4, 0.5) is 5.69 Å². The summed E-state index contributed by atoms with van der Waals surface area (Å²) in [6.45, 7) is 0. The lowest BCUT2D eigenvalue weighted by atomic mass is 9.88. The first-order valence-electron chi connectivity index (χ1n) is 8.40. The van der Waals surface area contributed by atoms with Crippen molar-refractivity contribution in [1.82, 2.24) is 0 Å². The van der Waals surface area contributed by atoms with Crippen LogP contribution >= 0.6 is 11.3 Å². The highest BCUT2D eigenvalue weighted by atomic mass is 32.1. The number of para-hydroxylation sites is 1. The van der Waals surface area contributed by atoms with E-state index in [1.165, 1.54) is 4.88 Å². The van der Waals surface area contributed by atoms with Crippen LogP contribution in [0.3, 0.4) is 0 Å². The second-order valence-electron chi connectivity index (χ2n) is 6.16. The zero-order valence-corrected chi connectivity index (χ0v) is 15.4. The lowest BCUT2D eigenvalue weighted by Gasteiger charge is -2.25. The molecule has 1 amide bonds. The fourth-order valence-corrected chi connectivity index (χ4v) is 4.57. The van der Waals surface area contributed by atoms with Gasteiger partial charge in [-0.25, -0.2) is 0 Å². The highest BCUT2D eigenvalue weighted by molar-refractivity contribution is 7.11. The first-order valence-corrected chi connectivity index (χ1v) is 9.27. The Morgan fingerprint density at radius 2 is 1.81 bits per heavy atom. The molecule has 0 saturated carbocycles. The number of rotatable bonds is 4. The van der Waals surface area contributed by atoms with Crippen molar-refractivity contribution in [3.8, 4) is 22.6 Å². The number of hydrogen-bond acceptors (Lipinski definition) is 4. The second-order valence-corrected chi connectivity index (χ2v) is 7.08. The Bertz CT molecular complexity index is 946. The van der Waals surface area contributed by atoms with E-state index in [1.807, 2.05) is 48.5 Å². The van der Waals surface area contributed by atoms with E-state index in [4.69, 9.17) is 9.47 Å². The smallest absolute Gasteiger partial charge is 0.225 e. The number of benzene rings is 2. The molecule has 2 heterocycles. The lowest BCUT2D eigenvalue weighted by molar-refractivity contribution is -0.116. The van der Waals surface area contributed by atoms with Gasteiger partial charge in [0.05, 0.1) is 19.9 Å². The number of carbonyl (C=O) groups is 1. The van der Waals surface area contributed by atoms with Crippen LogP contribution in [-0.2, 0) is 4.79 Å². The molecule has 132 valence electrons.